The lowest BCUT2D eigenvalue weighted by Gasteiger charge is -2.30. The number of amides is 8. The minimum Gasteiger partial charge on any atom is -0.480 e. The van der Waals surface area contributed by atoms with Gasteiger partial charge in [0.2, 0.25) is 47.3 Å². The highest BCUT2D eigenvalue weighted by Gasteiger charge is 2.40. The lowest BCUT2D eigenvalue weighted by atomic mass is 10.0. The van der Waals surface area contributed by atoms with Gasteiger partial charge in [-0.3, -0.25) is 43.3 Å². The highest BCUT2D eigenvalue weighted by Crippen LogP contribution is 2.20. The second-order valence-electron chi connectivity index (χ2n) is 18.3. The van der Waals surface area contributed by atoms with Crippen LogP contribution in [0.3, 0.4) is 0 Å². The first-order valence-electron chi connectivity index (χ1n) is 23.1. The number of hydrogen-bond donors (Lipinski definition) is 13. The number of nitrogens with zero attached hydrogens (tertiary/aromatic N) is 2. The Morgan fingerprint density at radius 2 is 1.21 bits per heavy atom. The third-order valence-electron chi connectivity index (χ3n) is 11.0. The van der Waals surface area contributed by atoms with E-state index in [9.17, 15) is 53.4 Å². The van der Waals surface area contributed by atoms with Crippen molar-refractivity contribution in [3.63, 3.8) is 0 Å². The number of carbonyl (C=O) groups excluding carboxylic acids is 8. The molecule has 8 amide bonds. The predicted octanol–water partition coefficient (Wildman–Crippen LogP) is -3.30. The van der Waals surface area contributed by atoms with Gasteiger partial charge in [0.05, 0.1) is 12.1 Å². The van der Waals surface area contributed by atoms with E-state index in [0.717, 1.165) is 0 Å². The first-order valence-corrected chi connectivity index (χ1v) is 24.5. The number of guanidine groups is 1. The summed E-state index contributed by atoms with van der Waals surface area (Å²) in [6.45, 7) is 13.1. The van der Waals surface area contributed by atoms with E-state index >= 15 is 0 Å². The maximum atomic E-state index is 14.0. The molecule has 0 aliphatic carbocycles. The molecule has 1 heterocycles. The maximum absolute atomic E-state index is 14.0. The van der Waals surface area contributed by atoms with Gasteiger partial charge in [-0.25, -0.2) is 4.79 Å². The zero-order valence-electron chi connectivity index (χ0n) is 41.0. The first kappa shape index (κ1) is 60.7. The van der Waals surface area contributed by atoms with Crippen LogP contribution in [-0.4, -0.2) is 166 Å². The second-order valence-corrected chi connectivity index (χ2v) is 19.3. The van der Waals surface area contributed by atoms with E-state index in [1.807, 2.05) is 6.26 Å². The summed E-state index contributed by atoms with van der Waals surface area (Å²) in [6, 6.07) is -11.0. The number of aliphatic hydroxyl groups is 1. The van der Waals surface area contributed by atoms with E-state index in [1.54, 1.807) is 41.5 Å². The van der Waals surface area contributed by atoms with Gasteiger partial charge in [-0.1, -0.05) is 41.5 Å². The first-order chi connectivity index (χ1) is 31.7. The van der Waals surface area contributed by atoms with Crippen LogP contribution in [0, 0.1) is 17.8 Å². The Bertz CT molecular complexity index is 1750. The van der Waals surface area contributed by atoms with Crippen LogP contribution in [0.1, 0.15) is 100 Å². The van der Waals surface area contributed by atoms with Crippen LogP contribution < -0.4 is 60.2 Å². The molecule has 25 heteroatoms. The Kier molecular flexibility index (Phi) is 27.0. The van der Waals surface area contributed by atoms with E-state index in [1.165, 1.54) is 30.5 Å². The van der Waals surface area contributed by atoms with Crippen molar-refractivity contribution in [1.29, 1.82) is 0 Å². The summed E-state index contributed by atoms with van der Waals surface area (Å²) in [5.74, 6) is -7.43. The minimum atomic E-state index is -1.68. The number of carbonyl (C=O) groups is 9. The number of aliphatic imine (C=N–C) groups is 1. The molecule has 0 saturated carbocycles. The van der Waals surface area contributed by atoms with E-state index in [0.29, 0.717) is 12.2 Å². The lowest BCUT2D eigenvalue weighted by Crippen LogP contribution is -2.62. The molecule has 1 fully saturated rings. The smallest absolute Gasteiger partial charge is 0.326 e. The third kappa shape index (κ3) is 20.9. The van der Waals surface area contributed by atoms with Gasteiger partial charge in [-0.05, 0) is 88.6 Å². The standard InChI is InChI=1S/C43H79N13O11S/c1-21(2)18-28(36(60)54-30(20-44)37(61)53-29(42(66)67)19-22(3)4)52-40(64)33(25(8)57)55-35(59)26(12-10-15-48-43(46)47)50-38(62)31-13-11-16-56(31)41(65)24(7)49-34(58)27(14-17-68-9)51-39(63)32(45)23(5)6/h21-33,57H,10-20,44-45H2,1-9H3,(H,49,58)(H,50,62)(H,51,63)(H,52,64)(H,53,61)(H,54,60)(H,55,59)(H,66,67)(H4,46,47,48)/t24-,25+,26-,27-,28-,29-,30-,31-,32-,33-/m0/s1. The summed E-state index contributed by atoms with van der Waals surface area (Å²) < 4.78 is 0. The van der Waals surface area contributed by atoms with Crippen LogP contribution >= 0.6 is 11.8 Å². The number of likely N-dealkylation sites (tertiary alicyclic amines) is 1. The van der Waals surface area contributed by atoms with Crippen molar-refractivity contribution < 1.29 is 53.4 Å². The highest BCUT2D eigenvalue weighted by atomic mass is 32.2. The Morgan fingerprint density at radius 3 is 1.74 bits per heavy atom. The number of nitrogens with one attached hydrogen (secondary N) is 7. The molecule has 68 heavy (non-hydrogen) atoms. The normalized spacial score (nSPS) is 17.6. The molecule has 0 radical (unpaired) electrons. The van der Waals surface area contributed by atoms with E-state index in [4.69, 9.17) is 22.9 Å². The zero-order valence-corrected chi connectivity index (χ0v) is 41.8. The van der Waals surface area contributed by atoms with Gasteiger partial charge in [-0.2, -0.15) is 11.8 Å². The number of rotatable bonds is 30. The second kappa shape index (κ2) is 30.3. The van der Waals surface area contributed by atoms with Crippen LogP contribution in [0.5, 0.6) is 0 Å². The highest BCUT2D eigenvalue weighted by molar-refractivity contribution is 7.98. The number of aliphatic carboxylic acids is 1. The summed E-state index contributed by atoms with van der Waals surface area (Å²) in [5.41, 5.74) is 22.7. The molecule has 1 aliphatic rings. The van der Waals surface area contributed by atoms with Crippen LogP contribution in [0.15, 0.2) is 4.99 Å². The summed E-state index contributed by atoms with van der Waals surface area (Å²) in [7, 11) is 0. The quantitative estimate of drug-likeness (QED) is 0.0190. The largest absolute Gasteiger partial charge is 0.480 e. The molecule has 0 aromatic rings. The Balaban J connectivity index is 3.30. The van der Waals surface area contributed by atoms with Gasteiger partial charge >= 0.3 is 5.97 Å². The fourth-order valence-corrected chi connectivity index (χ4v) is 7.61. The van der Waals surface area contributed by atoms with E-state index in [2.05, 4.69) is 42.2 Å². The fraction of sp³-hybridized carbons (Fsp3) is 0.767. The molecule has 1 saturated heterocycles. The minimum absolute atomic E-state index is 0.0343. The van der Waals surface area contributed by atoms with Gasteiger partial charge in [-0.15, -0.1) is 0 Å². The SMILES string of the molecule is CSCC[C@H](NC(=O)[C@@H](N)C(C)C)C(=O)N[C@@H](C)C(=O)N1CCC[C@H]1C(=O)N[C@@H](CCCN=C(N)N)C(=O)N[C@H](C(=O)N[C@@H](CC(C)C)C(=O)N[C@@H](CN)C(=O)N[C@@H](CC(C)C)C(=O)O)[C@@H](C)O. The van der Waals surface area contributed by atoms with Gasteiger partial charge in [0, 0.05) is 19.6 Å². The van der Waals surface area contributed by atoms with Crippen molar-refractivity contribution in [3.05, 3.63) is 0 Å². The Labute approximate surface area is 403 Å². The van der Waals surface area contributed by atoms with Gasteiger partial charge in [0.1, 0.15) is 48.3 Å². The molecule has 0 aromatic heterocycles. The third-order valence-corrected chi connectivity index (χ3v) is 11.6. The summed E-state index contributed by atoms with van der Waals surface area (Å²) in [4.78, 5) is 125. The average molecular weight is 986 g/mol. The molecule has 1 rings (SSSR count). The monoisotopic (exact) mass is 986 g/mol. The molecular weight excluding hydrogens is 907 g/mol. The number of thioether (sulfide) groups is 1. The van der Waals surface area contributed by atoms with Crippen molar-refractivity contribution in [1.82, 2.24) is 42.1 Å². The van der Waals surface area contributed by atoms with Crippen LogP contribution in [0.4, 0.5) is 0 Å². The molecule has 388 valence electrons. The number of nitrogens with two attached hydrogens (primary N) is 4. The lowest BCUT2D eigenvalue weighted by molar-refractivity contribution is -0.142. The molecule has 0 aromatic carbocycles. The molecule has 0 spiro atoms. The Morgan fingerprint density at radius 1 is 0.691 bits per heavy atom. The van der Waals surface area contributed by atoms with Crippen molar-refractivity contribution in [3.8, 4) is 0 Å². The predicted molar refractivity (Wildman–Crippen MR) is 257 cm³/mol. The number of carboxylic acid groups (broad SMARTS) is 1. The van der Waals surface area contributed by atoms with Crippen LogP contribution in [0.25, 0.3) is 0 Å². The molecule has 17 N–H and O–H groups in total. The van der Waals surface area contributed by atoms with Crippen molar-refractivity contribution >= 4 is 70.9 Å². The summed E-state index contributed by atoms with van der Waals surface area (Å²) in [6.07, 6.45) is 1.43. The van der Waals surface area contributed by atoms with Gasteiger partial charge < -0.3 is 75.3 Å². The van der Waals surface area contributed by atoms with E-state index < -0.39 is 120 Å². The molecule has 24 nitrogen and oxygen atoms in total. The number of aliphatic hydroxyl groups excluding tert-OH is 1. The van der Waals surface area contributed by atoms with E-state index in [-0.39, 0.29) is 75.3 Å². The zero-order chi connectivity index (χ0) is 52.0. The summed E-state index contributed by atoms with van der Waals surface area (Å²) in [5, 5.41) is 38.2. The topological polar surface area (TPSA) is 398 Å². The number of hydrogen-bond acceptors (Lipinski definition) is 14. The summed E-state index contributed by atoms with van der Waals surface area (Å²) >= 11 is 1.47. The average Bonchev–Trinajstić information content (AvgIpc) is 3.75. The number of carboxylic acids is 1. The Hall–Kier alpha value is -5.27. The molecular formula is C43H79N13O11S. The fourth-order valence-electron chi connectivity index (χ4n) is 7.14. The van der Waals surface area contributed by atoms with Gasteiger partial charge in [0.25, 0.3) is 0 Å². The molecule has 0 unspecified atom stereocenters. The molecule has 1 aliphatic heterocycles. The van der Waals surface area contributed by atoms with Crippen molar-refractivity contribution in [2.75, 3.05) is 31.6 Å². The molecule has 0 bridgehead atoms. The van der Waals surface area contributed by atoms with Crippen LogP contribution in [-0.2, 0) is 43.2 Å². The molecule has 10 atom stereocenters. The van der Waals surface area contributed by atoms with Gasteiger partial charge in [0.15, 0.2) is 5.96 Å². The van der Waals surface area contributed by atoms with Crippen LogP contribution in [0.2, 0.25) is 0 Å². The van der Waals surface area contributed by atoms with Crippen molar-refractivity contribution in [2.45, 2.75) is 161 Å². The van der Waals surface area contributed by atoms with Crippen molar-refractivity contribution in [2.24, 2.45) is 45.7 Å². The maximum Gasteiger partial charge on any atom is 0.326 e.